The number of aromatic amines is 1. The third-order valence-corrected chi connectivity index (χ3v) is 4.88. The van der Waals surface area contributed by atoms with Crippen molar-refractivity contribution in [3.8, 4) is 11.3 Å². The summed E-state index contributed by atoms with van der Waals surface area (Å²) < 4.78 is 1.77. The molecule has 0 aliphatic rings. The second kappa shape index (κ2) is 7.28. The van der Waals surface area contributed by atoms with Crippen LogP contribution in [0.5, 0.6) is 0 Å². The molecule has 4 heterocycles. The maximum atomic E-state index is 12.1. The molecule has 0 fully saturated rings. The van der Waals surface area contributed by atoms with E-state index in [-0.39, 0.29) is 5.91 Å². The summed E-state index contributed by atoms with van der Waals surface area (Å²) in [7, 11) is 0. The summed E-state index contributed by atoms with van der Waals surface area (Å²) in [5.41, 5.74) is 10.1. The zero-order chi connectivity index (χ0) is 20.5. The zero-order valence-electron chi connectivity index (χ0n) is 15.9. The molecule has 0 saturated heterocycles. The van der Waals surface area contributed by atoms with Crippen LogP contribution in [0.4, 0.5) is 5.82 Å². The Bertz CT molecular complexity index is 1340. The quantitative estimate of drug-likeness (QED) is 0.417. The maximum absolute atomic E-state index is 12.1. The number of nitrogens with zero attached hydrogens (tertiary/aromatic N) is 5. The van der Waals surface area contributed by atoms with E-state index >= 15 is 0 Å². The molecule has 0 aliphatic carbocycles. The van der Waals surface area contributed by atoms with Crippen molar-refractivity contribution in [1.82, 2.24) is 35.3 Å². The molecule has 0 atom stereocenters. The van der Waals surface area contributed by atoms with Gasteiger partial charge in [-0.1, -0.05) is 6.07 Å². The van der Waals surface area contributed by atoms with Crippen LogP contribution in [-0.2, 0) is 6.54 Å². The summed E-state index contributed by atoms with van der Waals surface area (Å²) >= 11 is 0. The Hall–Kier alpha value is -4.27. The Balaban J connectivity index is 1.40. The number of rotatable bonds is 5. The maximum Gasteiger partial charge on any atom is 0.252 e. The molecule has 0 bridgehead atoms. The molecule has 5 rings (SSSR count). The second-order valence-corrected chi connectivity index (χ2v) is 6.84. The van der Waals surface area contributed by atoms with Crippen molar-refractivity contribution in [2.45, 2.75) is 6.54 Å². The Kier molecular flexibility index (Phi) is 4.32. The first-order chi connectivity index (χ1) is 14.7. The van der Waals surface area contributed by atoms with Gasteiger partial charge in [-0.25, -0.2) is 4.98 Å². The summed E-state index contributed by atoms with van der Waals surface area (Å²) in [6.45, 7) is 0.934. The fourth-order valence-corrected chi connectivity index (χ4v) is 3.40. The number of aromatic nitrogens is 6. The van der Waals surface area contributed by atoms with Crippen LogP contribution >= 0.6 is 0 Å². The lowest BCUT2D eigenvalue weighted by atomic mass is 10.1. The van der Waals surface area contributed by atoms with Crippen molar-refractivity contribution in [1.29, 1.82) is 0 Å². The zero-order valence-corrected chi connectivity index (χ0v) is 15.9. The normalized spacial score (nSPS) is 11.2. The number of hydrogen-bond donors (Lipinski definition) is 3. The third-order valence-electron chi connectivity index (χ3n) is 4.88. The van der Waals surface area contributed by atoms with E-state index in [9.17, 15) is 4.79 Å². The number of nitrogens with two attached hydrogens (primary N) is 1. The number of nitrogens with one attached hydrogen (secondary N) is 2. The van der Waals surface area contributed by atoms with E-state index in [1.54, 1.807) is 29.2 Å². The molecule has 0 spiro atoms. The number of carbonyl (C=O) groups excluding carboxylic acids is 1. The molecule has 0 unspecified atom stereocenters. The summed E-state index contributed by atoms with van der Waals surface area (Å²) in [5.74, 6) is 0.250. The van der Waals surface area contributed by atoms with Gasteiger partial charge < -0.3 is 11.1 Å². The largest absolute Gasteiger partial charge is 0.383 e. The van der Waals surface area contributed by atoms with Crippen molar-refractivity contribution in [3.63, 3.8) is 0 Å². The number of nitrogen functional groups attached to an aromatic ring is 1. The minimum atomic E-state index is -0.169. The number of amides is 1. The highest BCUT2D eigenvalue weighted by Crippen LogP contribution is 2.29. The highest BCUT2D eigenvalue weighted by atomic mass is 16.1. The molecule has 1 amide bonds. The molecule has 1 aromatic carbocycles. The summed E-state index contributed by atoms with van der Waals surface area (Å²) in [5, 5.41) is 16.3. The number of benzene rings is 1. The highest BCUT2D eigenvalue weighted by Gasteiger charge is 2.13. The third kappa shape index (κ3) is 3.22. The SMILES string of the molecule is Nc1nc2cc(-c3cc[nH]n3)ccc2c2nn(CCNC(=O)c3cccnc3)cc12. The lowest BCUT2D eigenvalue weighted by Crippen LogP contribution is -2.27. The standard InChI is InChI=1S/C21H18N8O/c22-20-16-12-29(9-8-24-21(30)14-2-1-6-23-11-14)28-19(16)15-4-3-13(10-18(15)26-20)17-5-7-25-27-17/h1-7,10-12H,8-9H2,(H2,22,26)(H,24,30)(H,25,27). The van der Waals surface area contributed by atoms with Gasteiger partial charge in [0.1, 0.15) is 11.3 Å². The van der Waals surface area contributed by atoms with Crippen LogP contribution in [0.25, 0.3) is 33.1 Å². The molecule has 148 valence electrons. The minimum Gasteiger partial charge on any atom is -0.383 e. The number of fused-ring (bicyclic) bond motifs is 3. The van der Waals surface area contributed by atoms with Crippen LogP contribution in [0.1, 0.15) is 10.4 Å². The molecular formula is C21H18N8O. The van der Waals surface area contributed by atoms with Gasteiger partial charge >= 0.3 is 0 Å². The minimum absolute atomic E-state index is 0.169. The van der Waals surface area contributed by atoms with Crippen molar-refractivity contribution in [2.75, 3.05) is 12.3 Å². The topological polar surface area (TPSA) is 127 Å². The Morgan fingerprint density at radius 1 is 1.20 bits per heavy atom. The lowest BCUT2D eigenvalue weighted by molar-refractivity contribution is 0.0951. The van der Waals surface area contributed by atoms with Crippen molar-refractivity contribution in [2.24, 2.45) is 0 Å². The number of carbonyl (C=O) groups is 1. The Morgan fingerprint density at radius 3 is 2.93 bits per heavy atom. The molecule has 0 saturated carbocycles. The lowest BCUT2D eigenvalue weighted by Gasteiger charge is -2.05. The number of anilines is 1. The van der Waals surface area contributed by atoms with Gasteiger partial charge in [0, 0.05) is 42.3 Å². The van der Waals surface area contributed by atoms with E-state index < -0.39 is 0 Å². The first kappa shape index (κ1) is 17.8. The molecule has 5 aromatic rings. The van der Waals surface area contributed by atoms with Gasteiger partial charge in [0.15, 0.2) is 0 Å². The molecule has 4 N–H and O–H groups in total. The van der Waals surface area contributed by atoms with Crippen LogP contribution < -0.4 is 11.1 Å². The van der Waals surface area contributed by atoms with Crippen LogP contribution in [-0.4, -0.2) is 42.4 Å². The van der Waals surface area contributed by atoms with Gasteiger partial charge in [-0.3, -0.25) is 19.6 Å². The van der Waals surface area contributed by atoms with E-state index in [4.69, 9.17) is 5.73 Å². The monoisotopic (exact) mass is 398 g/mol. The smallest absolute Gasteiger partial charge is 0.252 e. The first-order valence-electron chi connectivity index (χ1n) is 9.44. The molecule has 9 nitrogen and oxygen atoms in total. The number of hydrogen-bond acceptors (Lipinski definition) is 6. The van der Waals surface area contributed by atoms with Crippen molar-refractivity contribution >= 4 is 33.5 Å². The van der Waals surface area contributed by atoms with Gasteiger partial charge in [0.05, 0.1) is 28.7 Å². The van der Waals surface area contributed by atoms with Crippen LogP contribution in [0, 0.1) is 0 Å². The van der Waals surface area contributed by atoms with Gasteiger partial charge in [-0.05, 0) is 30.3 Å². The average molecular weight is 398 g/mol. The van der Waals surface area contributed by atoms with Crippen LogP contribution in [0.2, 0.25) is 0 Å². The van der Waals surface area contributed by atoms with Gasteiger partial charge in [-0.2, -0.15) is 10.2 Å². The van der Waals surface area contributed by atoms with Gasteiger partial charge in [0.2, 0.25) is 0 Å². The van der Waals surface area contributed by atoms with Gasteiger partial charge in [-0.15, -0.1) is 0 Å². The molecule has 4 aromatic heterocycles. The van der Waals surface area contributed by atoms with E-state index in [0.717, 1.165) is 33.1 Å². The van der Waals surface area contributed by atoms with E-state index in [1.807, 2.05) is 30.5 Å². The summed E-state index contributed by atoms with van der Waals surface area (Å²) in [4.78, 5) is 20.6. The Morgan fingerprint density at radius 2 is 2.13 bits per heavy atom. The summed E-state index contributed by atoms with van der Waals surface area (Å²) in [6.07, 6.45) is 6.80. The fourth-order valence-electron chi connectivity index (χ4n) is 3.40. The number of pyridine rings is 2. The molecule has 0 radical (unpaired) electrons. The molecule has 30 heavy (non-hydrogen) atoms. The second-order valence-electron chi connectivity index (χ2n) is 6.84. The Labute approximate surface area is 170 Å². The first-order valence-corrected chi connectivity index (χ1v) is 9.44. The van der Waals surface area contributed by atoms with Crippen molar-refractivity contribution < 1.29 is 4.79 Å². The van der Waals surface area contributed by atoms with E-state index in [1.165, 1.54) is 6.20 Å². The molecule has 0 aliphatic heterocycles. The van der Waals surface area contributed by atoms with E-state index in [2.05, 4.69) is 30.6 Å². The summed E-state index contributed by atoms with van der Waals surface area (Å²) in [6, 6.07) is 11.3. The van der Waals surface area contributed by atoms with Crippen LogP contribution in [0.15, 0.2) is 61.2 Å². The number of H-pyrrole nitrogens is 1. The highest BCUT2D eigenvalue weighted by molar-refractivity contribution is 6.08. The van der Waals surface area contributed by atoms with E-state index in [0.29, 0.717) is 24.5 Å². The molecular weight excluding hydrogens is 380 g/mol. The average Bonchev–Trinajstić information content (AvgIpc) is 3.45. The van der Waals surface area contributed by atoms with Crippen molar-refractivity contribution in [3.05, 3.63) is 66.7 Å². The predicted molar refractivity (Wildman–Crippen MR) is 114 cm³/mol. The van der Waals surface area contributed by atoms with Crippen LogP contribution in [0.3, 0.4) is 0 Å². The fraction of sp³-hybridized carbons (Fsp3) is 0.0952. The van der Waals surface area contributed by atoms with Gasteiger partial charge in [0.25, 0.3) is 5.91 Å². The predicted octanol–water partition coefficient (Wildman–Crippen LogP) is 2.38. The molecule has 9 heteroatoms.